The van der Waals surface area contributed by atoms with Crippen molar-refractivity contribution in [1.82, 2.24) is 14.7 Å². The standard InChI is InChI=1S/C24H30N4O2S/c1-18(29)28-24-22(21(17-31-24)20-7-3-2-4-8-20)23(25-28)27-12-9-19(15-27)16-30-14-13-26-10-5-6-11-26/h2-4,7-8,17,19H,5-6,9-16H2,1H3. The van der Waals surface area contributed by atoms with Crippen LogP contribution in [0.4, 0.5) is 5.82 Å². The van der Waals surface area contributed by atoms with Crippen molar-refractivity contribution < 1.29 is 9.53 Å². The Morgan fingerprint density at radius 2 is 2.00 bits per heavy atom. The van der Waals surface area contributed by atoms with Gasteiger partial charge in [0.15, 0.2) is 5.82 Å². The number of aromatic nitrogens is 2. The summed E-state index contributed by atoms with van der Waals surface area (Å²) in [6.07, 6.45) is 3.75. The number of nitrogens with zero attached hydrogens (tertiary/aromatic N) is 4. The number of likely N-dealkylation sites (tertiary alicyclic amines) is 1. The van der Waals surface area contributed by atoms with E-state index in [0.29, 0.717) is 5.92 Å². The number of carbonyl (C=O) groups excluding carboxylic acids is 1. The summed E-state index contributed by atoms with van der Waals surface area (Å²) in [5, 5.41) is 8.01. The summed E-state index contributed by atoms with van der Waals surface area (Å²) in [5.41, 5.74) is 2.33. The van der Waals surface area contributed by atoms with Crippen LogP contribution in [0.1, 0.15) is 31.0 Å². The Balaban J connectivity index is 1.31. The molecule has 2 aromatic heterocycles. The Bertz CT molecular complexity index is 1040. The van der Waals surface area contributed by atoms with Gasteiger partial charge >= 0.3 is 0 Å². The van der Waals surface area contributed by atoms with E-state index in [4.69, 9.17) is 9.84 Å². The van der Waals surface area contributed by atoms with E-state index in [1.165, 1.54) is 31.5 Å². The number of rotatable bonds is 7. The molecule has 164 valence electrons. The smallest absolute Gasteiger partial charge is 0.245 e. The van der Waals surface area contributed by atoms with Crippen LogP contribution in [0.2, 0.25) is 0 Å². The van der Waals surface area contributed by atoms with Crippen molar-refractivity contribution in [3.63, 3.8) is 0 Å². The third-order valence-corrected chi connectivity index (χ3v) is 7.41. The Morgan fingerprint density at radius 1 is 1.19 bits per heavy atom. The zero-order valence-electron chi connectivity index (χ0n) is 18.1. The fourth-order valence-electron chi connectivity index (χ4n) is 4.79. The van der Waals surface area contributed by atoms with Crippen LogP contribution in [0.25, 0.3) is 21.3 Å². The highest BCUT2D eigenvalue weighted by Gasteiger charge is 2.29. The average molecular weight is 439 g/mol. The maximum atomic E-state index is 12.2. The minimum absolute atomic E-state index is 0.0429. The van der Waals surface area contributed by atoms with Crippen LogP contribution in [0, 0.1) is 5.92 Å². The molecular weight excluding hydrogens is 408 g/mol. The minimum Gasteiger partial charge on any atom is -0.380 e. The van der Waals surface area contributed by atoms with E-state index in [9.17, 15) is 4.79 Å². The van der Waals surface area contributed by atoms with Gasteiger partial charge in [-0.1, -0.05) is 30.3 Å². The number of fused-ring (bicyclic) bond motifs is 1. The maximum absolute atomic E-state index is 12.2. The third kappa shape index (κ3) is 4.27. The number of thiophene rings is 1. The lowest BCUT2D eigenvalue weighted by Crippen LogP contribution is -2.26. The van der Waals surface area contributed by atoms with Gasteiger partial charge in [-0.05, 0) is 37.9 Å². The first-order valence-electron chi connectivity index (χ1n) is 11.3. The summed E-state index contributed by atoms with van der Waals surface area (Å²) < 4.78 is 7.60. The molecule has 0 radical (unpaired) electrons. The molecule has 6 nitrogen and oxygen atoms in total. The quantitative estimate of drug-likeness (QED) is 0.513. The number of ether oxygens (including phenoxy) is 1. The van der Waals surface area contributed by atoms with Crippen molar-refractivity contribution in [1.29, 1.82) is 0 Å². The average Bonchev–Trinajstić information content (AvgIpc) is 3.56. The fourth-order valence-corrected chi connectivity index (χ4v) is 5.86. The largest absolute Gasteiger partial charge is 0.380 e. The van der Waals surface area contributed by atoms with Crippen LogP contribution in [-0.4, -0.2) is 66.5 Å². The van der Waals surface area contributed by atoms with Crippen LogP contribution < -0.4 is 4.90 Å². The molecule has 2 aliphatic heterocycles. The van der Waals surface area contributed by atoms with Crippen molar-refractivity contribution in [2.45, 2.75) is 26.2 Å². The molecule has 0 spiro atoms. The van der Waals surface area contributed by atoms with Crippen LogP contribution in [-0.2, 0) is 4.74 Å². The molecule has 1 unspecified atom stereocenters. The second kappa shape index (κ2) is 9.10. The normalized spacial score (nSPS) is 19.6. The summed E-state index contributed by atoms with van der Waals surface area (Å²) in [6, 6.07) is 10.4. The summed E-state index contributed by atoms with van der Waals surface area (Å²) in [5.74, 6) is 1.40. The second-order valence-electron chi connectivity index (χ2n) is 8.67. The topological polar surface area (TPSA) is 50.6 Å². The van der Waals surface area contributed by atoms with Gasteiger partial charge in [0.1, 0.15) is 4.83 Å². The van der Waals surface area contributed by atoms with Crippen LogP contribution in [0.3, 0.4) is 0 Å². The first kappa shape index (κ1) is 20.7. The number of hydrogen-bond donors (Lipinski definition) is 0. The number of carbonyl (C=O) groups is 1. The number of anilines is 1. The number of benzene rings is 1. The predicted octanol–water partition coefficient (Wildman–Crippen LogP) is 4.36. The highest BCUT2D eigenvalue weighted by atomic mass is 32.1. The van der Waals surface area contributed by atoms with Gasteiger partial charge in [-0.2, -0.15) is 4.68 Å². The van der Waals surface area contributed by atoms with Crippen molar-refractivity contribution in [2.75, 3.05) is 50.8 Å². The molecule has 0 saturated carbocycles. The molecule has 0 bridgehead atoms. The van der Waals surface area contributed by atoms with Gasteiger partial charge < -0.3 is 14.5 Å². The molecule has 2 saturated heterocycles. The molecule has 1 atom stereocenters. The molecule has 3 aromatic rings. The highest BCUT2D eigenvalue weighted by Crippen LogP contribution is 2.41. The molecule has 0 amide bonds. The van der Waals surface area contributed by atoms with E-state index in [1.807, 2.05) is 6.07 Å². The van der Waals surface area contributed by atoms with Crippen LogP contribution in [0.5, 0.6) is 0 Å². The summed E-state index contributed by atoms with van der Waals surface area (Å²) in [7, 11) is 0. The molecule has 7 heteroatoms. The van der Waals surface area contributed by atoms with Crippen LogP contribution in [0.15, 0.2) is 35.7 Å². The number of hydrogen-bond acceptors (Lipinski definition) is 6. The zero-order chi connectivity index (χ0) is 21.2. The third-order valence-electron chi connectivity index (χ3n) is 6.45. The van der Waals surface area contributed by atoms with E-state index >= 15 is 0 Å². The van der Waals surface area contributed by atoms with E-state index in [-0.39, 0.29) is 5.91 Å². The van der Waals surface area contributed by atoms with Crippen molar-refractivity contribution in [3.8, 4) is 11.1 Å². The Kier molecular flexibility index (Phi) is 6.07. The molecule has 4 heterocycles. The van der Waals surface area contributed by atoms with Crippen molar-refractivity contribution in [3.05, 3.63) is 35.7 Å². The van der Waals surface area contributed by atoms with E-state index in [2.05, 4.69) is 39.4 Å². The summed E-state index contributed by atoms with van der Waals surface area (Å²) >= 11 is 1.60. The Hall–Kier alpha value is -2.22. The molecule has 0 N–H and O–H groups in total. The molecule has 5 rings (SSSR count). The predicted molar refractivity (Wildman–Crippen MR) is 126 cm³/mol. The van der Waals surface area contributed by atoms with Crippen molar-refractivity contribution in [2.24, 2.45) is 5.92 Å². The summed E-state index contributed by atoms with van der Waals surface area (Å²) in [4.78, 5) is 18.0. The lowest BCUT2D eigenvalue weighted by Gasteiger charge is -2.18. The first-order valence-corrected chi connectivity index (χ1v) is 12.2. The van der Waals surface area contributed by atoms with Crippen LogP contribution >= 0.6 is 11.3 Å². The second-order valence-corrected chi connectivity index (χ2v) is 9.53. The molecular formula is C24H30N4O2S. The van der Waals surface area contributed by atoms with Gasteiger partial charge in [0.2, 0.25) is 5.91 Å². The van der Waals surface area contributed by atoms with E-state index in [1.54, 1.807) is 22.9 Å². The van der Waals surface area contributed by atoms with Crippen molar-refractivity contribution >= 4 is 33.3 Å². The van der Waals surface area contributed by atoms with Gasteiger partial charge in [0.05, 0.1) is 18.6 Å². The molecule has 2 fully saturated rings. The highest BCUT2D eigenvalue weighted by molar-refractivity contribution is 7.17. The lowest BCUT2D eigenvalue weighted by atomic mass is 10.1. The van der Waals surface area contributed by atoms with Gasteiger partial charge in [-0.3, -0.25) is 4.79 Å². The Morgan fingerprint density at radius 3 is 2.77 bits per heavy atom. The lowest BCUT2D eigenvalue weighted by molar-refractivity contribution is 0.0876. The fraction of sp³-hybridized carbons (Fsp3) is 0.500. The first-order chi connectivity index (χ1) is 15.2. The Labute approximate surface area is 187 Å². The SMILES string of the molecule is CC(=O)n1nc(N2CCC(COCCN3CCCC3)C2)c2c(-c3ccccc3)csc21. The monoisotopic (exact) mass is 438 g/mol. The molecule has 0 aliphatic carbocycles. The minimum atomic E-state index is -0.0429. The van der Waals surface area contributed by atoms with Gasteiger partial charge in [-0.25, -0.2) is 0 Å². The van der Waals surface area contributed by atoms with E-state index in [0.717, 1.165) is 60.9 Å². The van der Waals surface area contributed by atoms with E-state index < -0.39 is 0 Å². The molecule has 2 aliphatic rings. The molecule has 31 heavy (non-hydrogen) atoms. The van der Waals surface area contributed by atoms with Gasteiger partial charge in [-0.15, -0.1) is 16.4 Å². The van der Waals surface area contributed by atoms with Gasteiger partial charge in [0, 0.05) is 43.4 Å². The van der Waals surface area contributed by atoms with Gasteiger partial charge in [0.25, 0.3) is 0 Å². The summed E-state index contributed by atoms with van der Waals surface area (Å²) in [6.45, 7) is 8.58. The maximum Gasteiger partial charge on any atom is 0.245 e. The zero-order valence-corrected chi connectivity index (χ0v) is 18.9. The molecule has 1 aromatic carbocycles.